The van der Waals surface area contributed by atoms with Crippen LogP contribution in [0.5, 0.6) is 0 Å². The fraction of sp³-hybridized carbons (Fsp3) is 0.647. The number of aromatic nitrogens is 5. The number of nitrogens with zero attached hydrogens (tertiary/aromatic N) is 6. The number of rotatable bonds is 7. The van der Waals surface area contributed by atoms with Gasteiger partial charge in [0.1, 0.15) is 0 Å². The van der Waals surface area contributed by atoms with E-state index in [-0.39, 0.29) is 5.91 Å². The van der Waals surface area contributed by atoms with Gasteiger partial charge >= 0.3 is 0 Å². The first-order valence-corrected chi connectivity index (χ1v) is 9.06. The normalized spacial score (nSPS) is 17.6. The van der Waals surface area contributed by atoms with Gasteiger partial charge in [-0.3, -0.25) is 14.2 Å². The highest BCUT2D eigenvalue weighted by molar-refractivity contribution is 5.91. The molecule has 1 amide bonds. The zero-order chi connectivity index (χ0) is 17.6. The van der Waals surface area contributed by atoms with E-state index in [1.54, 1.807) is 29.0 Å². The fourth-order valence-electron chi connectivity index (χ4n) is 3.17. The van der Waals surface area contributed by atoms with Crippen LogP contribution in [0.2, 0.25) is 0 Å². The zero-order valence-electron chi connectivity index (χ0n) is 15.1. The Balaban J connectivity index is 1.52. The summed E-state index contributed by atoms with van der Waals surface area (Å²) in [4.78, 5) is 14.2. The van der Waals surface area contributed by atoms with Crippen molar-refractivity contribution < 1.29 is 4.79 Å². The van der Waals surface area contributed by atoms with Gasteiger partial charge in [0.05, 0.1) is 12.4 Å². The number of aryl methyl sites for hydroxylation is 2. The predicted molar refractivity (Wildman–Crippen MR) is 94.0 cm³/mol. The Hall–Kier alpha value is -2.22. The van der Waals surface area contributed by atoms with Crippen molar-refractivity contribution in [1.82, 2.24) is 35.0 Å². The number of carbonyl (C=O) groups is 1. The van der Waals surface area contributed by atoms with Gasteiger partial charge in [0.15, 0.2) is 5.69 Å². The lowest BCUT2D eigenvalue weighted by Crippen LogP contribution is -2.34. The number of piperidine rings is 1. The summed E-state index contributed by atoms with van der Waals surface area (Å²) in [5.74, 6) is -0.119. The van der Waals surface area contributed by atoms with Crippen molar-refractivity contribution in [3.63, 3.8) is 0 Å². The van der Waals surface area contributed by atoms with Crippen LogP contribution < -0.4 is 5.32 Å². The maximum absolute atomic E-state index is 12.5. The van der Waals surface area contributed by atoms with Gasteiger partial charge in [0.2, 0.25) is 0 Å². The summed E-state index contributed by atoms with van der Waals surface area (Å²) in [6, 6.07) is 0.551. The first-order chi connectivity index (χ1) is 12.2. The van der Waals surface area contributed by atoms with E-state index < -0.39 is 0 Å². The molecule has 1 unspecified atom stereocenters. The number of nitrogens with one attached hydrogen (secondary N) is 1. The van der Waals surface area contributed by atoms with Crippen LogP contribution >= 0.6 is 0 Å². The van der Waals surface area contributed by atoms with Crippen LogP contribution in [0.15, 0.2) is 18.6 Å². The summed E-state index contributed by atoms with van der Waals surface area (Å²) in [5, 5.41) is 15.9. The molecule has 8 heteroatoms. The van der Waals surface area contributed by atoms with Gasteiger partial charge in [-0.25, -0.2) is 0 Å². The van der Waals surface area contributed by atoms with E-state index in [0.717, 1.165) is 31.6 Å². The Labute approximate surface area is 148 Å². The minimum Gasteiger partial charge on any atom is -0.336 e. The van der Waals surface area contributed by atoms with Crippen molar-refractivity contribution >= 4 is 5.91 Å². The molecule has 3 rings (SSSR count). The molecule has 25 heavy (non-hydrogen) atoms. The Morgan fingerprint density at radius 3 is 2.96 bits per heavy atom. The molecular formula is C17H27N7O. The molecule has 0 aromatic carbocycles. The summed E-state index contributed by atoms with van der Waals surface area (Å²) in [6.45, 7) is 5.25. The highest BCUT2D eigenvalue weighted by atomic mass is 16.2. The molecule has 0 saturated carbocycles. The van der Waals surface area contributed by atoms with E-state index in [2.05, 4.69) is 20.7 Å². The maximum atomic E-state index is 12.5. The van der Waals surface area contributed by atoms with Gasteiger partial charge in [0, 0.05) is 44.5 Å². The molecule has 8 nitrogen and oxygen atoms in total. The third-order valence-corrected chi connectivity index (χ3v) is 4.65. The number of hydrogen-bond donors (Lipinski definition) is 1. The summed E-state index contributed by atoms with van der Waals surface area (Å²) in [5.41, 5.74) is 1.40. The van der Waals surface area contributed by atoms with E-state index in [1.165, 1.54) is 19.3 Å². The van der Waals surface area contributed by atoms with Crippen molar-refractivity contribution in [3.8, 4) is 0 Å². The van der Waals surface area contributed by atoms with Gasteiger partial charge in [-0.05, 0) is 32.7 Å². The highest BCUT2D eigenvalue weighted by Gasteiger charge is 2.17. The Morgan fingerprint density at radius 2 is 2.24 bits per heavy atom. The Bertz CT molecular complexity index is 687. The molecule has 0 radical (unpaired) electrons. The van der Waals surface area contributed by atoms with Crippen molar-refractivity contribution in [2.75, 3.05) is 13.6 Å². The lowest BCUT2D eigenvalue weighted by molar-refractivity contribution is 0.0779. The van der Waals surface area contributed by atoms with Crippen molar-refractivity contribution in [2.24, 2.45) is 0 Å². The van der Waals surface area contributed by atoms with Gasteiger partial charge in [-0.15, -0.1) is 5.10 Å². The third-order valence-electron chi connectivity index (χ3n) is 4.65. The molecule has 0 spiro atoms. The molecule has 1 fully saturated rings. The highest BCUT2D eigenvalue weighted by Crippen LogP contribution is 2.11. The van der Waals surface area contributed by atoms with E-state index in [4.69, 9.17) is 0 Å². The summed E-state index contributed by atoms with van der Waals surface area (Å²) in [7, 11) is 1.77. The van der Waals surface area contributed by atoms with Gasteiger partial charge in [-0.2, -0.15) is 5.10 Å². The van der Waals surface area contributed by atoms with E-state index in [0.29, 0.717) is 18.3 Å². The lowest BCUT2D eigenvalue weighted by atomic mass is 10.0. The van der Waals surface area contributed by atoms with E-state index in [1.807, 2.05) is 17.8 Å². The molecule has 2 aromatic heterocycles. The standard InChI is InChI=1S/C17H27N7O/c1-3-23-12-14(10-19-23)11-22(2)17(25)16-13-24(21-20-16)9-7-15-6-4-5-8-18-15/h10,12-13,15,18H,3-9,11H2,1-2H3. The van der Waals surface area contributed by atoms with Crippen LogP contribution in [0.4, 0.5) is 0 Å². The van der Waals surface area contributed by atoms with Crippen LogP contribution in [0.25, 0.3) is 0 Å². The Morgan fingerprint density at radius 1 is 1.36 bits per heavy atom. The third kappa shape index (κ3) is 4.66. The predicted octanol–water partition coefficient (Wildman–Crippen LogP) is 1.30. The molecule has 1 saturated heterocycles. The van der Waals surface area contributed by atoms with Crippen molar-refractivity contribution in [3.05, 3.63) is 29.8 Å². The quantitative estimate of drug-likeness (QED) is 0.818. The largest absolute Gasteiger partial charge is 0.336 e. The Kier molecular flexibility index (Phi) is 5.80. The van der Waals surface area contributed by atoms with Gasteiger partial charge in [0.25, 0.3) is 5.91 Å². The van der Waals surface area contributed by atoms with Crippen LogP contribution in [0, 0.1) is 0 Å². The van der Waals surface area contributed by atoms with E-state index >= 15 is 0 Å². The van der Waals surface area contributed by atoms with E-state index in [9.17, 15) is 4.79 Å². The van der Waals surface area contributed by atoms with Crippen LogP contribution in [-0.2, 0) is 19.6 Å². The van der Waals surface area contributed by atoms with Crippen molar-refractivity contribution in [1.29, 1.82) is 0 Å². The summed E-state index contributed by atoms with van der Waals surface area (Å²) in [6.07, 6.45) is 10.3. The first-order valence-electron chi connectivity index (χ1n) is 9.06. The smallest absolute Gasteiger partial charge is 0.276 e. The number of carbonyl (C=O) groups excluding carboxylic acids is 1. The summed E-state index contributed by atoms with van der Waals surface area (Å²) >= 11 is 0. The first kappa shape index (κ1) is 17.6. The summed E-state index contributed by atoms with van der Waals surface area (Å²) < 4.78 is 3.62. The number of hydrogen-bond acceptors (Lipinski definition) is 5. The monoisotopic (exact) mass is 345 g/mol. The maximum Gasteiger partial charge on any atom is 0.276 e. The SMILES string of the molecule is CCn1cc(CN(C)C(=O)c2cn(CCC3CCCCN3)nn2)cn1. The molecule has 0 bridgehead atoms. The minimum atomic E-state index is -0.119. The second-order valence-corrected chi connectivity index (χ2v) is 6.67. The topological polar surface area (TPSA) is 80.9 Å². The average Bonchev–Trinajstić information content (AvgIpc) is 3.29. The lowest BCUT2D eigenvalue weighted by Gasteiger charge is -2.23. The zero-order valence-corrected chi connectivity index (χ0v) is 15.1. The molecule has 0 aliphatic carbocycles. The van der Waals surface area contributed by atoms with Gasteiger partial charge in [-0.1, -0.05) is 11.6 Å². The molecule has 1 N–H and O–H groups in total. The second kappa shape index (κ2) is 8.24. The molecule has 1 aliphatic heterocycles. The number of amides is 1. The molecule has 3 heterocycles. The van der Waals surface area contributed by atoms with Crippen LogP contribution in [0.1, 0.15) is 48.7 Å². The molecule has 136 valence electrons. The van der Waals surface area contributed by atoms with Crippen LogP contribution in [-0.4, -0.2) is 55.2 Å². The molecular weight excluding hydrogens is 318 g/mol. The van der Waals surface area contributed by atoms with Crippen molar-refractivity contribution in [2.45, 2.75) is 58.3 Å². The second-order valence-electron chi connectivity index (χ2n) is 6.67. The van der Waals surface area contributed by atoms with Crippen LogP contribution in [0.3, 0.4) is 0 Å². The minimum absolute atomic E-state index is 0.119. The average molecular weight is 345 g/mol. The fourth-order valence-corrected chi connectivity index (χ4v) is 3.17. The molecule has 1 atom stereocenters. The van der Waals surface area contributed by atoms with Gasteiger partial charge < -0.3 is 10.2 Å². The molecule has 1 aliphatic rings. The molecule has 2 aromatic rings.